The van der Waals surface area contributed by atoms with Crippen molar-refractivity contribution in [2.24, 2.45) is 0 Å². The van der Waals surface area contributed by atoms with Crippen LogP contribution in [0, 0.1) is 84.0 Å². The van der Waals surface area contributed by atoms with Gasteiger partial charge in [-0.25, -0.2) is 12.8 Å². The second kappa shape index (κ2) is 198. The van der Waals surface area contributed by atoms with Crippen LogP contribution in [0.4, 0.5) is 0 Å². The van der Waals surface area contributed by atoms with Gasteiger partial charge in [0.2, 0.25) is 0 Å². The summed E-state index contributed by atoms with van der Waals surface area (Å²) in [7, 11) is 0. The van der Waals surface area contributed by atoms with E-state index in [1.54, 1.807) is 16.7 Å². The summed E-state index contributed by atoms with van der Waals surface area (Å²) in [6.45, 7) is 97.8. The van der Waals surface area contributed by atoms with Crippen molar-refractivity contribution >= 4 is 0 Å². The maximum Gasteiger partial charge on any atom is 4.00 e. The van der Waals surface area contributed by atoms with Crippen molar-refractivity contribution in [1.82, 2.24) is 0 Å². The van der Waals surface area contributed by atoms with E-state index in [0.717, 1.165) is 38.5 Å². The van der Waals surface area contributed by atoms with Crippen molar-refractivity contribution in [2.45, 2.75) is 481 Å². The minimum atomic E-state index is 0. The van der Waals surface area contributed by atoms with Gasteiger partial charge in [-0.05, 0) is 70.7 Å². The van der Waals surface area contributed by atoms with E-state index in [2.05, 4.69) is 204 Å². The van der Waals surface area contributed by atoms with Crippen LogP contribution in [0.2, 0.25) is 0 Å². The Kier molecular flexibility index (Phi) is 317. The molecule has 0 heterocycles. The van der Waals surface area contributed by atoms with Gasteiger partial charge in [-0.2, -0.15) is 147 Å². The third kappa shape index (κ3) is 130. The van der Waals surface area contributed by atoms with Crippen molar-refractivity contribution in [3.05, 3.63) is 219 Å². The third-order valence-corrected chi connectivity index (χ3v) is 12.5. The molecule has 0 aromatic heterocycles. The van der Waals surface area contributed by atoms with E-state index in [4.69, 9.17) is 0 Å². The van der Waals surface area contributed by atoms with Crippen LogP contribution in [0.1, 0.15) is 499 Å². The molecule has 0 aliphatic carbocycles. The van der Waals surface area contributed by atoms with Crippen LogP contribution < -0.4 is 0 Å². The number of hydrogen-bond donors (Lipinski definition) is 0. The van der Waals surface area contributed by atoms with Crippen molar-refractivity contribution < 1.29 is 63.2 Å². The molecule has 0 spiro atoms. The Balaban J connectivity index is -0.0000000390. The standard InChI is InChI=1S/C31H44.C29H40.4C3H7.16C2H6.3CH4.3Pt/c1-5-18-28(30-24-16-14-20-26(30)7-3)22-12-10-9-11-13-23-29(19-6-2)31-25-17-15-21-27(31)8-4;1-5-8-9-10-19-27(29-23-14-12-18-25(29)7-3)21-15-20-26(16-6-2)28-22-13-11-17-24(28)4;4*1-3-2;16*1-2;;;;;;/h5-6,12-17,20-21,24-25,28-29H,7-11,18-19,22-23H2,1-4H3;5-6,10-15,17-18,22-23,26-27H,7-9,16,19-21H2,1-4H3;4*3H,1-2H3;16*1-2H3;3*1H4;;;/q2*-4;4*-1;;;;;;;;;;;;;;;;;;;;3*+4. The summed E-state index contributed by atoms with van der Waals surface area (Å²) < 4.78 is 0. The molecule has 678 valence electrons. The van der Waals surface area contributed by atoms with Crippen molar-refractivity contribution in [1.29, 1.82) is 0 Å². The summed E-state index contributed by atoms with van der Waals surface area (Å²) in [6, 6.07) is 36.0. The topological polar surface area (TPSA) is 0 Å². The van der Waals surface area contributed by atoms with Crippen molar-refractivity contribution in [3.63, 3.8) is 0 Å². The summed E-state index contributed by atoms with van der Waals surface area (Å²) >= 11 is 0. The first-order valence-electron chi connectivity index (χ1n) is 44.7. The first-order chi connectivity index (χ1) is 51.1. The summed E-state index contributed by atoms with van der Waals surface area (Å²) in [5.41, 5.74) is 12.1. The van der Waals surface area contributed by atoms with E-state index in [1.165, 1.54) is 92.0 Å². The Morgan fingerprint density at radius 2 is 0.409 bits per heavy atom. The van der Waals surface area contributed by atoms with E-state index in [9.17, 15) is 0 Å². The maximum absolute atomic E-state index is 2.57. The molecule has 0 radical (unpaired) electrons. The number of hydrogen-bond acceptors (Lipinski definition) is 0. The minimum absolute atomic E-state index is 0. The van der Waals surface area contributed by atoms with Gasteiger partial charge in [0.25, 0.3) is 0 Å². The number of unbranched alkanes of at least 4 members (excludes halogenated alkanes) is 7. The van der Waals surface area contributed by atoms with Gasteiger partial charge in [-0.15, -0.1) is 6.42 Å². The first-order valence-corrected chi connectivity index (χ1v) is 44.7. The fraction of sp³-hybridized carbons (Fsp3) is 0.664. The second-order valence-corrected chi connectivity index (χ2v) is 19.3. The molecule has 4 aromatic rings. The molecule has 0 aliphatic heterocycles. The van der Waals surface area contributed by atoms with E-state index in [1.807, 2.05) is 303 Å². The van der Waals surface area contributed by atoms with Gasteiger partial charge in [0.05, 0.1) is 0 Å². The largest absolute Gasteiger partial charge is 4.00 e. The SMILES string of the molecule is C.C.C.CC.CC.CC.CC.CC.CC.CC.CC.CC.CC.CC.CC.CC.CC.CC.CC.C[CH-]C.C[CH-]C.C[CH-]C.C[CH-]C.C[CH-]CC(C[CH-]CCC[CH-]CC(C[CH-]C)c1ccccc1CC)c1ccccc1CC.C[CH-]CC[CH-]CC(C[CH-]CC(C[CH-]C)c1ccccc1C)c1ccccc1CC.[Pt+4].[Pt+4].[Pt+4]. The van der Waals surface area contributed by atoms with Crippen LogP contribution in [0.15, 0.2) is 97.1 Å². The predicted octanol–water partition coefficient (Wildman–Crippen LogP) is 41.1. The molecule has 4 rings (SSSR count). The molecule has 0 nitrogen and oxygen atoms in total. The Hall–Kier alpha value is -1.06. The zero-order valence-corrected chi connectivity index (χ0v) is 89.6. The van der Waals surface area contributed by atoms with Crippen LogP contribution in [0.3, 0.4) is 0 Å². The van der Waals surface area contributed by atoms with Crippen molar-refractivity contribution in [3.8, 4) is 0 Å². The normalized spacial score (nSPS) is 8.80. The van der Waals surface area contributed by atoms with Crippen molar-refractivity contribution in [2.75, 3.05) is 0 Å². The van der Waals surface area contributed by atoms with E-state index in [-0.39, 0.29) is 85.5 Å². The fourth-order valence-electron chi connectivity index (χ4n) is 9.21. The molecule has 0 amide bonds. The van der Waals surface area contributed by atoms with E-state index in [0.29, 0.717) is 23.7 Å². The van der Waals surface area contributed by atoms with Gasteiger partial charge < -0.3 is 77.0 Å². The quantitative estimate of drug-likeness (QED) is 0.0361. The molecule has 4 atom stereocenters. The second-order valence-electron chi connectivity index (χ2n) is 19.3. The van der Waals surface area contributed by atoms with Crippen LogP contribution in [-0.2, 0) is 82.5 Å². The van der Waals surface area contributed by atoms with Crippen LogP contribution in [0.5, 0.6) is 0 Å². The Bertz CT molecular complexity index is 1660. The van der Waals surface area contributed by atoms with Crippen LogP contribution in [-0.4, -0.2) is 0 Å². The van der Waals surface area contributed by atoms with Gasteiger partial charge in [-0.3, -0.25) is 0 Å². The molecule has 4 aromatic carbocycles. The molecule has 4 unspecified atom stereocenters. The molecular formula is C107H220Pt3. The summed E-state index contributed by atoms with van der Waals surface area (Å²) in [4.78, 5) is 0. The van der Waals surface area contributed by atoms with Crippen LogP contribution >= 0.6 is 0 Å². The zero-order chi connectivity index (χ0) is 86.0. The molecule has 0 fully saturated rings. The molecule has 0 saturated carbocycles. The third-order valence-electron chi connectivity index (χ3n) is 12.5. The van der Waals surface area contributed by atoms with E-state index >= 15 is 0 Å². The van der Waals surface area contributed by atoms with Gasteiger partial charge in [0.1, 0.15) is 0 Å². The van der Waals surface area contributed by atoms with Gasteiger partial charge >= 0.3 is 63.2 Å². The minimum Gasteiger partial charge on any atom is -0.335 e. The molecular weight excluding hydrogens is 1870 g/mol. The summed E-state index contributed by atoms with van der Waals surface area (Å²) in [5.74, 6) is 2.48. The Morgan fingerprint density at radius 1 is 0.227 bits per heavy atom. The first kappa shape index (κ1) is 176. The molecule has 0 aliphatic rings. The Labute approximate surface area is 756 Å². The molecule has 0 N–H and O–H groups in total. The molecule has 0 bridgehead atoms. The van der Waals surface area contributed by atoms with Gasteiger partial charge in [-0.1, -0.05) is 385 Å². The molecule has 0 saturated heterocycles. The van der Waals surface area contributed by atoms with Gasteiger partial charge in [0, 0.05) is 0 Å². The Morgan fingerprint density at radius 3 is 0.618 bits per heavy atom. The number of aryl methyl sites for hydroxylation is 4. The maximum atomic E-state index is 2.57. The fourth-order valence-corrected chi connectivity index (χ4v) is 9.21. The smallest absolute Gasteiger partial charge is 0.335 e. The van der Waals surface area contributed by atoms with Crippen LogP contribution in [0.25, 0.3) is 0 Å². The number of benzene rings is 4. The monoisotopic (exact) mass is 2090 g/mol. The summed E-state index contributed by atoms with van der Waals surface area (Å²) in [6.07, 6.45) is 46.3. The van der Waals surface area contributed by atoms with E-state index < -0.39 is 0 Å². The predicted molar refractivity (Wildman–Crippen MR) is 531 cm³/mol. The number of rotatable bonds is 30. The average molecular weight is 2090 g/mol. The average Bonchev–Trinajstić information content (AvgIpc) is 0.880. The zero-order valence-electron chi connectivity index (χ0n) is 82.7. The molecule has 3 heteroatoms. The van der Waals surface area contributed by atoms with Gasteiger partial charge in [0.15, 0.2) is 0 Å². The molecule has 110 heavy (non-hydrogen) atoms. The summed E-state index contributed by atoms with van der Waals surface area (Å²) in [5, 5.41) is 0.